The minimum absolute atomic E-state index is 0.0340. The van der Waals surface area contributed by atoms with E-state index in [1.54, 1.807) is 0 Å². The molecule has 0 bridgehead atoms. The monoisotopic (exact) mass is 353 g/mol. The van der Waals surface area contributed by atoms with Gasteiger partial charge in [0.15, 0.2) is 0 Å². The van der Waals surface area contributed by atoms with E-state index in [4.69, 9.17) is 5.14 Å². The lowest BCUT2D eigenvalue weighted by molar-refractivity contribution is -0.136. The molecular formula is C16H23N3O4S. The van der Waals surface area contributed by atoms with E-state index in [0.29, 0.717) is 11.6 Å². The second-order valence-electron chi connectivity index (χ2n) is 6.13. The number of primary sulfonamides is 1. The van der Waals surface area contributed by atoms with Crippen molar-refractivity contribution in [2.45, 2.75) is 50.0 Å². The van der Waals surface area contributed by atoms with Gasteiger partial charge in [0.1, 0.15) is 0 Å². The van der Waals surface area contributed by atoms with Crippen molar-refractivity contribution in [1.82, 2.24) is 5.32 Å². The van der Waals surface area contributed by atoms with Gasteiger partial charge in [-0.05, 0) is 43.0 Å². The number of nitrogens with two attached hydrogens (primary N) is 1. The van der Waals surface area contributed by atoms with Gasteiger partial charge in [-0.3, -0.25) is 9.59 Å². The zero-order chi connectivity index (χ0) is 17.7. The first-order valence-corrected chi connectivity index (χ1v) is 9.59. The summed E-state index contributed by atoms with van der Waals surface area (Å²) in [5.41, 5.74) is 0.331. The van der Waals surface area contributed by atoms with Crippen LogP contribution in [0.25, 0.3) is 0 Å². The molecule has 132 valence electrons. The zero-order valence-electron chi connectivity index (χ0n) is 13.6. The molecule has 0 aromatic heterocycles. The molecule has 1 aromatic carbocycles. The Kier molecular flexibility index (Phi) is 5.95. The molecule has 0 unspecified atom stereocenters. The standard InChI is InChI=1S/C16H23N3O4S/c1-2-11-4-3-5-13(10-11)19-16(21)15(20)18-12-6-8-14(9-7-12)24(17,22)23/h6-9,11,13H,2-5,10H2,1H3,(H,18,20)(H,19,21)(H2,17,22,23)/t11-,13+/m0/s1. The van der Waals surface area contributed by atoms with Gasteiger partial charge in [-0.15, -0.1) is 0 Å². The highest BCUT2D eigenvalue weighted by Crippen LogP contribution is 2.26. The molecule has 2 atom stereocenters. The quantitative estimate of drug-likeness (QED) is 0.708. The second kappa shape index (κ2) is 7.76. The largest absolute Gasteiger partial charge is 0.345 e. The van der Waals surface area contributed by atoms with Crippen LogP contribution in [0.5, 0.6) is 0 Å². The summed E-state index contributed by atoms with van der Waals surface area (Å²) in [6.07, 6.45) is 5.09. The first-order chi connectivity index (χ1) is 11.3. The van der Waals surface area contributed by atoms with Crippen molar-refractivity contribution in [2.75, 3.05) is 5.32 Å². The fraction of sp³-hybridized carbons (Fsp3) is 0.500. The maximum atomic E-state index is 12.0. The van der Waals surface area contributed by atoms with Crippen LogP contribution in [0.1, 0.15) is 39.0 Å². The summed E-state index contributed by atoms with van der Waals surface area (Å²) < 4.78 is 22.3. The molecule has 1 fully saturated rings. The van der Waals surface area contributed by atoms with Crippen LogP contribution in [0.3, 0.4) is 0 Å². The molecule has 1 aromatic rings. The van der Waals surface area contributed by atoms with Crippen molar-refractivity contribution >= 4 is 27.5 Å². The van der Waals surface area contributed by atoms with Crippen molar-refractivity contribution in [1.29, 1.82) is 0 Å². The third-order valence-corrected chi connectivity index (χ3v) is 5.27. The molecule has 0 saturated heterocycles. The molecule has 2 amide bonds. The Morgan fingerprint density at radius 2 is 1.83 bits per heavy atom. The number of hydrogen-bond donors (Lipinski definition) is 3. The zero-order valence-corrected chi connectivity index (χ0v) is 14.4. The van der Waals surface area contributed by atoms with E-state index < -0.39 is 21.8 Å². The molecule has 0 aliphatic heterocycles. The van der Waals surface area contributed by atoms with Gasteiger partial charge in [-0.2, -0.15) is 0 Å². The average molecular weight is 353 g/mol. The summed E-state index contributed by atoms with van der Waals surface area (Å²) in [5, 5.41) is 10.2. The summed E-state index contributed by atoms with van der Waals surface area (Å²) in [5.74, 6) is -0.845. The van der Waals surface area contributed by atoms with Crippen molar-refractivity contribution in [3.8, 4) is 0 Å². The first-order valence-electron chi connectivity index (χ1n) is 8.04. The number of benzene rings is 1. The van der Waals surface area contributed by atoms with Gasteiger partial charge < -0.3 is 10.6 Å². The Morgan fingerprint density at radius 1 is 1.17 bits per heavy atom. The Labute approximate surface area is 142 Å². The van der Waals surface area contributed by atoms with E-state index in [0.717, 1.165) is 25.7 Å². The van der Waals surface area contributed by atoms with Crippen LogP contribution in [-0.4, -0.2) is 26.3 Å². The highest BCUT2D eigenvalue weighted by atomic mass is 32.2. The van der Waals surface area contributed by atoms with Crippen LogP contribution < -0.4 is 15.8 Å². The lowest BCUT2D eigenvalue weighted by atomic mass is 9.84. The molecule has 1 aliphatic carbocycles. The summed E-state index contributed by atoms with van der Waals surface area (Å²) >= 11 is 0. The summed E-state index contributed by atoms with van der Waals surface area (Å²) in [4.78, 5) is 23.9. The lowest BCUT2D eigenvalue weighted by Crippen LogP contribution is -2.43. The van der Waals surface area contributed by atoms with Gasteiger partial charge >= 0.3 is 11.8 Å². The Hall–Kier alpha value is -1.93. The molecule has 8 heteroatoms. The number of rotatable bonds is 4. The van der Waals surface area contributed by atoms with Crippen molar-refractivity contribution in [3.63, 3.8) is 0 Å². The van der Waals surface area contributed by atoms with E-state index in [9.17, 15) is 18.0 Å². The molecule has 4 N–H and O–H groups in total. The molecular weight excluding hydrogens is 330 g/mol. The van der Waals surface area contributed by atoms with E-state index in [2.05, 4.69) is 17.6 Å². The van der Waals surface area contributed by atoms with Gasteiger partial charge in [0.25, 0.3) is 0 Å². The summed E-state index contributed by atoms with van der Waals surface area (Å²) in [6.45, 7) is 2.13. The molecule has 0 heterocycles. The minimum atomic E-state index is -3.78. The molecule has 0 radical (unpaired) electrons. The number of amides is 2. The van der Waals surface area contributed by atoms with Gasteiger partial charge in [-0.25, -0.2) is 13.6 Å². The predicted octanol–water partition coefficient (Wildman–Crippen LogP) is 1.36. The molecule has 1 saturated carbocycles. The number of carbonyl (C=O) groups is 2. The molecule has 7 nitrogen and oxygen atoms in total. The predicted molar refractivity (Wildman–Crippen MR) is 90.6 cm³/mol. The van der Waals surface area contributed by atoms with Crippen LogP contribution in [0.2, 0.25) is 0 Å². The maximum Gasteiger partial charge on any atom is 0.313 e. The Bertz CT molecular complexity index is 701. The number of hydrogen-bond acceptors (Lipinski definition) is 4. The van der Waals surface area contributed by atoms with Gasteiger partial charge in [0.2, 0.25) is 10.0 Å². The first kappa shape index (κ1) is 18.4. The highest BCUT2D eigenvalue weighted by molar-refractivity contribution is 7.89. The Morgan fingerprint density at radius 3 is 2.42 bits per heavy atom. The number of carbonyl (C=O) groups excluding carboxylic acids is 2. The topological polar surface area (TPSA) is 118 Å². The minimum Gasteiger partial charge on any atom is -0.345 e. The van der Waals surface area contributed by atoms with Gasteiger partial charge in [0.05, 0.1) is 4.90 Å². The highest BCUT2D eigenvalue weighted by Gasteiger charge is 2.24. The van der Waals surface area contributed by atoms with E-state index in [1.807, 2.05) is 0 Å². The van der Waals surface area contributed by atoms with E-state index >= 15 is 0 Å². The van der Waals surface area contributed by atoms with Crippen LogP contribution in [-0.2, 0) is 19.6 Å². The van der Waals surface area contributed by atoms with E-state index in [-0.39, 0.29) is 10.9 Å². The maximum absolute atomic E-state index is 12.0. The molecule has 24 heavy (non-hydrogen) atoms. The fourth-order valence-corrected chi connectivity index (χ4v) is 3.48. The Balaban J connectivity index is 1.90. The number of nitrogens with one attached hydrogen (secondary N) is 2. The molecule has 0 spiro atoms. The fourth-order valence-electron chi connectivity index (χ4n) is 2.96. The third kappa shape index (κ3) is 5.04. The van der Waals surface area contributed by atoms with Crippen molar-refractivity contribution in [3.05, 3.63) is 24.3 Å². The van der Waals surface area contributed by atoms with Crippen molar-refractivity contribution in [2.24, 2.45) is 11.1 Å². The van der Waals surface area contributed by atoms with Crippen LogP contribution in [0.15, 0.2) is 29.2 Å². The average Bonchev–Trinajstić information content (AvgIpc) is 2.54. The number of sulfonamides is 1. The van der Waals surface area contributed by atoms with Crippen LogP contribution in [0.4, 0.5) is 5.69 Å². The van der Waals surface area contributed by atoms with Crippen molar-refractivity contribution < 1.29 is 18.0 Å². The SMILES string of the molecule is CC[C@H]1CCC[C@@H](NC(=O)C(=O)Nc2ccc(S(N)(=O)=O)cc2)C1. The van der Waals surface area contributed by atoms with Gasteiger partial charge in [0, 0.05) is 11.7 Å². The summed E-state index contributed by atoms with van der Waals surface area (Å²) in [6, 6.07) is 5.36. The third-order valence-electron chi connectivity index (χ3n) is 4.34. The second-order valence-corrected chi connectivity index (χ2v) is 7.70. The van der Waals surface area contributed by atoms with E-state index in [1.165, 1.54) is 30.7 Å². The summed E-state index contributed by atoms with van der Waals surface area (Å²) in [7, 11) is -3.78. The molecule has 1 aliphatic rings. The lowest BCUT2D eigenvalue weighted by Gasteiger charge is -2.28. The van der Waals surface area contributed by atoms with Crippen LogP contribution >= 0.6 is 0 Å². The molecule has 2 rings (SSSR count). The van der Waals surface area contributed by atoms with Crippen LogP contribution in [0, 0.1) is 5.92 Å². The number of anilines is 1. The normalized spacial score (nSPS) is 21.1. The van der Waals surface area contributed by atoms with Gasteiger partial charge in [-0.1, -0.05) is 26.2 Å². The smallest absolute Gasteiger partial charge is 0.313 e.